The van der Waals surface area contributed by atoms with Gasteiger partial charge in [0, 0.05) is 17.3 Å². The van der Waals surface area contributed by atoms with Crippen LogP contribution in [-0.4, -0.2) is 11.9 Å². The Morgan fingerprint density at radius 1 is 1.24 bits per heavy atom. The van der Waals surface area contributed by atoms with E-state index in [0.29, 0.717) is 11.4 Å². The van der Waals surface area contributed by atoms with Crippen molar-refractivity contribution in [2.75, 3.05) is 5.32 Å². The van der Waals surface area contributed by atoms with Gasteiger partial charge in [-0.1, -0.05) is 35.9 Å². The predicted molar refractivity (Wildman–Crippen MR) is 85.6 cm³/mol. The van der Waals surface area contributed by atoms with Crippen molar-refractivity contribution >= 4 is 23.2 Å². The molecule has 108 valence electrons. The average Bonchev–Trinajstić information content (AvgIpc) is 2.49. The Labute approximate surface area is 129 Å². The van der Waals surface area contributed by atoms with Crippen LogP contribution in [-0.2, 0) is 17.8 Å². The van der Waals surface area contributed by atoms with Crippen molar-refractivity contribution in [1.29, 1.82) is 0 Å². The van der Waals surface area contributed by atoms with Gasteiger partial charge in [0.05, 0.1) is 6.04 Å². The van der Waals surface area contributed by atoms with E-state index in [0.717, 1.165) is 17.8 Å². The second-order valence-corrected chi connectivity index (χ2v) is 5.79. The molecule has 0 saturated heterocycles. The summed E-state index contributed by atoms with van der Waals surface area (Å²) in [5, 5.41) is 6.94. The Morgan fingerprint density at radius 3 is 2.76 bits per heavy atom. The number of amides is 1. The molecule has 1 amide bonds. The van der Waals surface area contributed by atoms with E-state index < -0.39 is 0 Å². The first-order chi connectivity index (χ1) is 10.1. The topological polar surface area (TPSA) is 41.1 Å². The van der Waals surface area contributed by atoms with Gasteiger partial charge in [0.2, 0.25) is 5.91 Å². The van der Waals surface area contributed by atoms with Crippen molar-refractivity contribution in [3.63, 3.8) is 0 Å². The largest absolute Gasteiger partial charge is 0.324 e. The van der Waals surface area contributed by atoms with E-state index in [1.165, 1.54) is 11.1 Å². The number of nitrogens with one attached hydrogen (secondary N) is 2. The third-order valence-electron chi connectivity index (χ3n) is 3.84. The lowest BCUT2D eigenvalue weighted by Gasteiger charge is -2.25. The molecular weight excluding hydrogens is 284 g/mol. The lowest BCUT2D eigenvalue weighted by atomic mass is 9.95. The summed E-state index contributed by atoms with van der Waals surface area (Å²) in [5.74, 6) is -0.00470. The van der Waals surface area contributed by atoms with Crippen molar-refractivity contribution in [2.24, 2.45) is 0 Å². The van der Waals surface area contributed by atoms with Crippen molar-refractivity contribution < 1.29 is 4.79 Å². The number of hydrogen-bond donors (Lipinski definition) is 2. The van der Waals surface area contributed by atoms with Crippen LogP contribution in [0, 0.1) is 6.92 Å². The number of rotatable bonds is 2. The summed E-state index contributed by atoms with van der Waals surface area (Å²) in [6.07, 6.45) is 0.717. The first-order valence-corrected chi connectivity index (χ1v) is 7.38. The second kappa shape index (κ2) is 5.88. The highest BCUT2D eigenvalue weighted by Crippen LogP contribution is 2.21. The molecule has 4 heteroatoms. The summed E-state index contributed by atoms with van der Waals surface area (Å²) in [7, 11) is 0. The Kier molecular flexibility index (Phi) is 3.95. The van der Waals surface area contributed by atoms with Crippen LogP contribution < -0.4 is 10.6 Å². The highest BCUT2D eigenvalue weighted by molar-refractivity contribution is 6.30. The third-order valence-corrected chi connectivity index (χ3v) is 4.08. The minimum Gasteiger partial charge on any atom is -0.324 e. The molecule has 0 unspecified atom stereocenters. The van der Waals surface area contributed by atoms with Crippen molar-refractivity contribution in [3.8, 4) is 0 Å². The van der Waals surface area contributed by atoms with Crippen molar-refractivity contribution in [2.45, 2.75) is 25.9 Å². The molecule has 0 bridgehead atoms. The normalized spacial score (nSPS) is 17.1. The molecule has 0 saturated carbocycles. The molecule has 2 aromatic rings. The molecule has 1 atom stereocenters. The molecule has 2 N–H and O–H groups in total. The van der Waals surface area contributed by atoms with Crippen LogP contribution in [0.4, 0.5) is 5.69 Å². The number of carbonyl (C=O) groups excluding carboxylic acids is 1. The summed E-state index contributed by atoms with van der Waals surface area (Å²) in [6.45, 7) is 2.67. The van der Waals surface area contributed by atoms with Crippen LogP contribution in [0.5, 0.6) is 0 Å². The summed E-state index contributed by atoms with van der Waals surface area (Å²) in [6, 6.07) is 13.5. The van der Waals surface area contributed by atoms with E-state index in [1.807, 2.05) is 31.2 Å². The fourth-order valence-corrected chi connectivity index (χ4v) is 2.85. The highest BCUT2D eigenvalue weighted by Gasteiger charge is 2.24. The maximum atomic E-state index is 12.4. The molecule has 0 spiro atoms. The van der Waals surface area contributed by atoms with Crippen molar-refractivity contribution in [3.05, 3.63) is 64.2 Å². The lowest BCUT2D eigenvalue weighted by Crippen LogP contribution is -2.44. The fourth-order valence-electron chi connectivity index (χ4n) is 2.63. The van der Waals surface area contributed by atoms with Gasteiger partial charge in [0.15, 0.2) is 0 Å². The maximum Gasteiger partial charge on any atom is 0.241 e. The molecule has 0 fully saturated rings. The Balaban J connectivity index is 1.72. The molecule has 21 heavy (non-hydrogen) atoms. The number of anilines is 1. The monoisotopic (exact) mass is 300 g/mol. The molecular formula is C17H17ClN2O. The third kappa shape index (κ3) is 3.09. The number of fused-ring (bicyclic) bond motifs is 1. The zero-order valence-electron chi connectivity index (χ0n) is 11.8. The summed E-state index contributed by atoms with van der Waals surface area (Å²) in [4.78, 5) is 12.4. The van der Waals surface area contributed by atoms with Crippen LogP contribution >= 0.6 is 11.6 Å². The average molecular weight is 301 g/mol. The zero-order chi connectivity index (χ0) is 14.8. The molecule has 0 aromatic heterocycles. The number of aryl methyl sites for hydroxylation is 1. The van der Waals surface area contributed by atoms with Gasteiger partial charge in [-0.2, -0.15) is 0 Å². The first-order valence-electron chi connectivity index (χ1n) is 7.00. The first kappa shape index (κ1) is 14.1. The Hall–Kier alpha value is -1.84. The molecule has 1 aliphatic rings. The summed E-state index contributed by atoms with van der Waals surface area (Å²) >= 11 is 5.93. The lowest BCUT2D eigenvalue weighted by molar-refractivity contribution is -0.118. The number of carbonyl (C=O) groups is 1. The minimum atomic E-state index is -0.199. The van der Waals surface area contributed by atoms with E-state index in [9.17, 15) is 4.79 Å². The molecule has 3 nitrogen and oxygen atoms in total. The van der Waals surface area contributed by atoms with E-state index in [2.05, 4.69) is 22.8 Å². The van der Waals surface area contributed by atoms with Crippen LogP contribution in [0.25, 0.3) is 0 Å². The zero-order valence-corrected chi connectivity index (χ0v) is 12.6. The van der Waals surface area contributed by atoms with Crippen LogP contribution in [0.1, 0.15) is 16.7 Å². The van der Waals surface area contributed by atoms with Gasteiger partial charge >= 0.3 is 0 Å². The fraction of sp³-hybridized carbons (Fsp3) is 0.235. The van der Waals surface area contributed by atoms with E-state index >= 15 is 0 Å². The van der Waals surface area contributed by atoms with E-state index in [-0.39, 0.29) is 11.9 Å². The number of benzene rings is 2. The maximum absolute atomic E-state index is 12.4. The highest BCUT2D eigenvalue weighted by atomic mass is 35.5. The summed E-state index contributed by atoms with van der Waals surface area (Å²) < 4.78 is 0. The molecule has 1 heterocycles. The van der Waals surface area contributed by atoms with E-state index in [4.69, 9.17) is 11.6 Å². The van der Waals surface area contributed by atoms with Crippen LogP contribution in [0.3, 0.4) is 0 Å². The predicted octanol–water partition coefficient (Wildman–Crippen LogP) is 3.30. The second-order valence-electron chi connectivity index (χ2n) is 5.35. The van der Waals surface area contributed by atoms with Crippen LogP contribution in [0.2, 0.25) is 5.02 Å². The Bertz CT molecular complexity index is 684. The molecule has 1 aliphatic heterocycles. The molecule has 0 radical (unpaired) electrons. The van der Waals surface area contributed by atoms with Gasteiger partial charge in [-0.25, -0.2) is 0 Å². The van der Waals surface area contributed by atoms with Gasteiger partial charge in [0.25, 0.3) is 0 Å². The molecule has 3 rings (SSSR count). The number of halogens is 1. The Morgan fingerprint density at radius 2 is 2.00 bits per heavy atom. The quantitative estimate of drug-likeness (QED) is 0.893. The SMILES string of the molecule is Cc1cc(Cl)ccc1NC(=O)[C@@H]1Cc2ccccc2CN1. The summed E-state index contributed by atoms with van der Waals surface area (Å²) in [5.41, 5.74) is 4.28. The van der Waals surface area contributed by atoms with Gasteiger partial charge in [-0.15, -0.1) is 0 Å². The van der Waals surface area contributed by atoms with E-state index in [1.54, 1.807) is 6.07 Å². The smallest absolute Gasteiger partial charge is 0.241 e. The standard InChI is InChI=1S/C17H17ClN2O/c1-11-8-14(18)6-7-15(11)20-17(21)16-9-12-4-2-3-5-13(12)10-19-16/h2-8,16,19H,9-10H2,1H3,(H,20,21)/t16-/m0/s1. The number of hydrogen-bond acceptors (Lipinski definition) is 2. The molecule has 2 aromatic carbocycles. The molecule has 0 aliphatic carbocycles. The van der Waals surface area contributed by atoms with Gasteiger partial charge in [-0.3, -0.25) is 4.79 Å². The van der Waals surface area contributed by atoms with Crippen LogP contribution in [0.15, 0.2) is 42.5 Å². The van der Waals surface area contributed by atoms with Crippen molar-refractivity contribution in [1.82, 2.24) is 5.32 Å². The minimum absolute atomic E-state index is 0.00470. The van der Waals surface area contributed by atoms with Gasteiger partial charge in [-0.05, 0) is 48.2 Å². The van der Waals surface area contributed by atoms with Gasteiger partial charge < -0.3 is 10.6 Å². The van der Waals surface area contributed by atoms with Gasteiger partial charge in [0.1, 0.15) is 0 Å².